The van der Waals surface area contributed by atoms with Crippen molar-refractivity contribution in [1.82, 2.24) is 19.7 Å². The summed E-state index contributed by atoms with van der Waals surface area (Å²) in [5.74, 6) is -0.867. The Morgan fingerprint density at radius 1 is 1.22 bits per heavy atom. The Balaban J connectivity index is 1.76. The summed E-state index contributed by atoms with van der Waals surface area (Å²) >= 11 is 0. The fraction of sp³-hybridized carbons (Fsp3) is 0.200. The van der Waals surface area contributed by atoms with Gasteiger partial charge < -0.3 is 8.98 Å². The van der Waals surface area contributed by atoms with Gasteiger partial charge in [0.05, 0.1) is 0 Å². The fourth-order valence-corrected chi connectivity index (χ4v) is 2.05. The molecule has 0 bridgehead atoms. The molecule has 6 nitrogen and oxygen atoms in total. The summed E-state index contributed by atoms with van der Waals surface area (Å²) < 4.78 is 31.2. The first kappa shape index (κ1) is 15.0. The lowest BCUT2D eigenvalue weighted by Gasteiger charge is -2.05. The van der Waals surface area contributed by atoms with Crippen molar-refractivity contribution < 1.29 is 13.2 Å². The molecule has 0 saturated carbocycles. The molecule has 0 aliphatic carbocycles. The summed E-state index contributed by atoms with van der Waals surface area (Å²) in [6, 6.07) is 8.43. The lowest BCUT2D eigenvalue weighted by atomic mass is 10.2. The minimum atomic E-state index is -2.84. The Labute approximate surface area is 129 Å². The van der Waals surface area contributed by atoms with Gasteiger partial charge in [0.2, 0.25) is 5.89 Å². The van der Waals surface area contributed by atoms with Gasteiger partial charge >= 0.3 is 6.43 Å². The van der Waals surface area contributed by atoms with E-state index < -0.39 is 12.3 Å². The van der Waals surface area contributed by atoms with Crippen molar-refractivity contribution in [3.63, 3.8) is 0 Å². The number of alkyl halides is 2. The number of nitrogens with zero attached hydrogens (tertiary/aromatic N) is 4. The van der Waals surface area contributed by atoms with Crippen LogP contribution in [0.3, 0.4) is 0 Å². The minimum absolute atomic E-state index is 0.103. The summed E-state index contributed by atoms with van der Waals surface area (Å²) in [5, 5.41) is 6.75. The van der Waals surface area contributed by atoms with Gasteiger partial charge in [-0.1, -0.05) is 6.07 Å². The molecule has 3 rings (SSSR count). The van der Waals surface area contributed by atoms with Crippen LogP contribution in [0, 0.1) is 0 Å². The summed E-state index contributed by atoms with van der Waals surface area (Å²) in [6.45, 7) is 0.461. The third-order valence-corrected chi connectivity index (χ3v) is 3.21. The second kappa shape index (κ2) is 6.47. The molecule has 0 unspecified atom stereocenters. The Kier molecular flexibility index (Phi) is 4.22. The molecule has 0 spiro atoms. The zero-order valence-electron chi connectivity index (χ0n) is 11.9. The Morgan fingerprint density at radius 2 is 2.09 bits per heavy atom. The van der Waals surface area contributed by atoms with Crippen LogP contribution in [0.5, 0.6) is 0 Å². The molecule has 3 aromatic rings. The minimum Gasteiger partial charge on any atom is -0.415 e. The molecule has 0 atom stereocenters. The highest BCUT2D eigenvalue weighted by Gasteiger charge is 2.17. The largest absolute Gasteiger partial charge is 0.415 e. The van der Waals surface area contributed by atoms with Gasteiger partial charge in [-0.3, -0.25) is 9.78 Å². The molecule has 0 radical (unpaired) electrons. The van der Waals surface area contributed by atoms with Crippen molar-refractivity contribution >= 4 is 0 Å². The van der Waals surface area contributed by atoms with Crippen molar-refractivity contribution in [3.05, 3.63) is 64.7 Å². The third kappa shape index (κ3) is 3.47. The Bertz CT molecular complexity index is 846. The van der Waals surface area contributed by atoms with Crippen LogP contribution >= 0.6 is 0 Å². The van der Waals surface area contributed by atoms with E-state index in [0.717, 1.165) is 5.69 Å². The van der Waals surface area contributed by atoms with E-state index in [4.69, 9.17) is 4.42 Å². The van der Waals surface area contributed by atoms with Crippen LogP contribution in [0.25, 0.3) is 11.5 Å². The highest BCUT2D eigenvalue weighted by Crippen LogP contribution is 2.22. The number of aryl methyl sites for hydroxylation is 2. The number of pyridine rings is 2. The Morgan fingerprint density at radius 3 is 2.74 bits per heavy atom. The number of rotatable bonds is 5. The van der Waals surface area contributed by atoms with Gasteiger partial charge in [0, 0.05) is 42.7 Å². The molecule has 0 fully saturated rings. The predicted molar refractivity (Wildman–Crippen MR) is 76.9 cm³/mol. The number of halogens is 2. The van der Waals surface area contributed by atoms with Gasteiger partial charge in [-0.25, -0.2) is 0 Å². The molecule has 0 saturated heterocycles. The van der Waals surface area contributed by atoms with Crippen molar-refractivity contribution in [2.75, 3.05) is 0 Å². The lowest BCUT2D eigenvalue weighted by molar-refractivity contribution is 0.116. The SMILES string of the molecule is O=c1cc(-c2nnc(C(F)F)o2)ccn1CCc1ccccn1. The lowest BCUT2D eigenvalue weighted by Crippen LogP contribution is -2.19. The van der Waals surface area contributed by atoms with Gasteiger partial charge in [0.1, 0.15) is 0 Å². The average molecular weight is 318 g/mol. The topological polar surface area (TPSA) is 73.8 Å². The molecule has 8 heteroatoms. The average Bonchev–Trinajstić information content (AvgIpc) is 3.05. The maximum absolute atomic E-state index is 12.4. The number of hydrogen-bond acceptors (Lipinski definition) is 5. The van der Waals surface area contributed by atoms with Crippen molar-refractivity contribution in [2.45, 2.75) is 19.4 Å². The number of hydrogen-bond donors (Lipinski definition) is 0. The van der Waals surface area contributed by atoms with Crippen molar-refractivity contribution in [2.24, 2.45) is 0 Å². The molecule has 118 valence electrons. The van der Waals surface area contributed by atoms with E-state index in [1.165, 1.54) is 10.6 Å². The maximum atomic E-state index is 12.4. The molecular weight excluding hydrogens is 306 g/mol. The molecule has 0 aromatic carbocycles. The molecular formula is C15H12F2N4O2. The van der Waals surface area contributed by atoms with Crippen LogP contribution in [-0.2, 0) is 13.0 Å². The summed E-state index contributed by atoms with van der Waals surface area (Å²) in [7, 11) is 0. The molecule has 0 N–H and O–H groups in total. The van der Waals surface area contributed by atoms with E-state index in [2.05, 4.69) is 15.2 Å². The van der Waals surface area contributed by atoms with Crippen LogP contribution in [0.15, 0.2) is 51.9 Å². The quantitative estimate of drug-likeness (QED) is 0.722. The summed E-state index contributed by atoms with van der Waals surface area (Å²) in [4.78, 5) is 16.3. The zero-order valence-corrected chi connectivity index (χ0v) is 11.9. The number of aromatic nitrogens is 4. The van der Waals surface area contributed by atoms with E-state index in [1.807, 2.05) is 18.2 Å². The van der Waals surface area contributed by atoms with E-state index in [-0.39, 0.29) is 11.4 Å². The molecule has 3 aromatic heterocycles. The van der Waals surface area contributed by atoms with Crippen LogP contribution < -0.4 is 5.56 Å². The van der Waals surface area contributed by atoms with Crippen LogP contribution in [-0.4, -0.2) is 19.7 Å². The Hall–Kier alpha value is -2.90. The monoisotopic (exact) mass is 318 g/mol. The normalized spacial score (nSPS) is 11.1. The maximum Gasteiger partial charge on any atom is 0.314 e. The van der Waals surface area contributed by atoms with Gasteiger partial charge in [0.25, 0.3) is 11.4 Å². The second-order valence-corrected chi connectivity index (χ2v) is 4.76. The van der Waals surface area contributed by atoms with Crippen molar-refractivity contribution in [1.29, 1.82) is 0 Å². The summed E-state index contributed by atoms with van der Waals surface area (Å²) in [6.07, 6.45) is 1.02. The summed E-state index contributed by atoms with van der Waals surface area (Å²) in [5.41, 5.74) is 0.903. The molecule has 0 amide bonds. The predicted octanol–water partition coefficient (Wildman–Crippen LogP) is 2.47. The van der Waals surface area contributed by atoms with E-state index in [9.17, 15) is 13.6 Å². The molecule has 0 aliphatic rings. The van der Waals surface area contributed by atoms with Crippen LogP contribution in [0.4, 0.5) is 8.78 Å². The van der Waals surface area contributed by atoms with Gasteiger partial charge in [-0.05, 0) is 18.2 Å². The van der Waals surface area contributed by atoms with Crippen LogP contribution in [0.1, 0.15) is 18.0 Å². The standard InChI is InChI=1S/C15H12F2N4O2/c16-13(17)15-20-19-14(23-15)10-4-7-21(12(22)9-10)8-5-11-3-1-2-6-18-11/h1-4,6-7,9,13H,5,8H2. The molecule has 23 heavy (non-hydrogen) atoms. The van der Waals surface area contributed by atoms with Gasteiger partial charge in [-0.2, -0.15) is 8.78 Å². The first-order chi connectivity index (χ1) is 11.1. The molecule has 0 aliphatic heterocycles. The highest BCUT2D eigenvalue weighted by atomic mass is 19.3. The zero-order chi connectivity index (χ0) is 16.2. The van der Waals surface area contributed by atoms with E-state index in [0.29, 0.717) is 18.5 Å². The van der Waals surface area contributed by atoms with E-state index >= 15 is 0 Å². The second-order valence-electron chi connectivity index (χ2n) is 4.76. The van der Waals surface area contributed by atoms with Gasteiger partial charge in [0.15, 0.2) is 0 Å². The van der Waals surface area contributed by atoms with Gasteiger partial charge in [-0.15, -0.1) is 10.2 Å². The smallest absolute Gasteiger partial charge is 0.314 e. The molecule has 3 heterocycles. The van der Waals surface area contributed by atoms with Crippen molar-refractivity contribution in [3.8, 4) is 11.5 Å². The first-order valence-electron chi connectivity index (χ1n) is 6.86. The third-order valence-electron chi connectivity index (χ3n) is 3.21. The first-order valence-corrected chi connectivity index (χ1v) is 6.86. The fourth-order valence-electron chi connectivity index (χ4n) is 2.05. The van der Waals surface area contributed by atoms with E-state index in [1.54, 1.807) is 18.5 Å². The highest BCUT2D eigenvalue weighted by molar-refractivity contribution is 5.50. The van der Waals surface area contributed by atoms with Crippen LogP contribution in [0.2, 0.25) is 0 Å².